The summed E-state index contributed by atoms with van der Waals surface area (Å²) in [6, 6.07) is 16.4. The largest absolute Gasteiger partial charge is 0.355 e. The van der Waals surface area contributed by atoms with Crippen LogP contribution in [0.15, 0.2) is 48.5 Å². The summed E-state index contributed by atoms with van der Waals surface area (Å²) in [6.45, 7) is 0. The van der Waals surface area contributed by atoms with Crippen molar-refractivity contribution in [3.05, 3.63) is 71.3 Å². The molecule has 5 heterocycles. The molecule has 1 radical (unpaired) electrons. The van der Waals surface area contributed by atoms with Crippen molar-refractivity contribution in [2.75, 3.05) is 0 Å². The Balaban J connectivity index is 0.00000157. The molecule has 0 aliphatic carbocycles. The number of nitrogens with one attached hydrogen (secondary N) is 2. The van der Waals surface area contributed by atoms with Gasteiger partial charge in [0.15, 0.2) is 0 Å². The second-order valence-corrected chi connectivity index (χ2v) is 5.91. The molecule has 25 heavy (non-hydrogen) atoms. The predicted molar refractivity (Wildman–Crippen MR) is 105 cm³/mol. The monoisotopic (exact) mass is 317 g/mol. The van der Waals surface area contributed by atoms with Crippen LogP contribution in [0, 0.1) is 0 Å². The van der Waals surface area contributed by atoms with Crippen molar-refractivity contribution < 1.29 is 0 Å². The van der Waals surface area contributed by atoms with Gasteiger partial charge in [-0.05, 0) is 72.8 Å². The maximum Gasteiger partial charge on any atom is 0.0658 e. The molecule has 0 fully saturated rings. The summed E-state index contributed by atoms with van der Waals surface area (Å²) in [5.74, 6) is 0. The zero-order valence-electron chi connectivity index (χ0n) is 13.8. The summed E-state index contributed by atoms with van der Waals surface area (Å²) in [7, 11) is 0. The molecule has 4 nitrogen and oxygen atoms in total. The van der Waals surface area contributed by atoms with Gasteiger partial charge in [0.05, 0.1) is 22.8 Å². The summed E-state index contributed by atoms with van der Waals surface area (Å²) in [5, 5.41) is 0. The SMILES string of the molecule is C1=Cc2cc3ccc(cc4nc(cc5ccc(cc1n2)[nH]5)C=C4)[nH]3.[Li]. The van der Waals surface area contributed by atoms with Gasteiger partial charge in [0.25, 0.3) is 0 Å². The maximum atomic E-state index is 4.63. The topological polar surface area (TPSA) is 57.4 Å². The van der Waals surface area contributed by atoms with E-state index in [2.05, 4.69) is 44.2 Å². The van der Waals surface area contributed by atoms with Crippen LogP contribution < -0.4 is 0 Å². The first-order valence-corrected chi connectivity index (χ1v) is 7.85. The average Bonchev–Trinajstić information content (AvgIpc) is 3.32. The molecule has 5 rings (SSSR count). The van der Waals surface area contributed by atoms with E-state index in [9.17, 15) is 0 Å². The van der Waals surface area contributed by atoms with E-state index in [4.69, 9.17) is 0 Å². The Morgan fingerprint density at radius 1 is 0.480 bits per heavy atom. The molecule has 0 unspecified atom stereocenters. The Morgan fingerprint density at radius 3 is 1.04 bits per heavy atom. The number of rotatable bonds is 0. The standard InChI is InChI=1S/C20H14N4.Li/c1-2-14-10-16-5-6-18(23-16)12-20-8-7-19(24-20)11-17-4-3-15(22-17)9-13(1)21-14;/h1-12,21,24H;. The van der Waals surface area contributed by atoms with Crippen LogP contribution in [-0.2, 0) is 0 Å². The molecule has 2 aliphatic heterocycles. The van der Waals surface area contributed by atoms with Gasteiger partial charge >= 0.3 is 0 Å². The summed E-state index contributed by atoms with van der Waals surface area (Å²) < 4.78 is 0. The minimum Gasteiger partial charge on any atom is -0.355 e. The molecule has 0 saturated carbocycles. The fourth-order valence-electron chi connectivity index (χ4n) is 2.94. The third-order valence-corrected chi connectivity index (χ3v) is 4.04. The van der Waals surface area contributed by atoms with Gasteiger partial charge in [0.1, 0.15) is 0 Å². The van der Waals surface area contributed by atoms with E-state index in [-0.39, 0.29) is 18.9 Å². The average molecular weight is 317 g/mol. The van der Waals surface area contributed by atoms with Crippen LogP contribution in [0.5, 0.6) is 0 Å². The third kappa shape index (κ3) is 3.23. The smallest absolute Gasteiger partial charge is 0.0658 e. The van der Waals surface area contributed by atoms with Crippen LogP contribution in [0.4, 0.5) is 0 Å². The van der Waals surface area contributed by atoms with Gasteiger partial charge in [-0.15, -0.1) is 0 Å². The van der Waals surface area contributed by atoms with E-state index >= 15 is 0 Å². The molecule has 0 atom stereocenters. The second kappa shape index (κ2) is 6.25. The van der Waals surface area contributed by atoms with Crippen LogP contribution in [-0.4, -0.2) is 38.8 Å². The molecule has 5 heteroatoms. The molecular weight excluding hydrogens is 303 g/mol. The fraction of sp³-hybridized carbons (Fsp3) is 0. The predicted octanol–water partition coefficient (Wildman–Crippen LogP) is 4.27. The van der Waals surface area contributed by atoms with E-state index < -0.39 is 0 Å². The van der Waals surface area contributed by atoms with Crippen LogP contribution in [0.1, 0.15) is 22.8 Å². The number of nitrogens with zero attached hydrogens (tertiary/aromatic N) is 2. The third-order valence-electron chi connectivity index (χ3n) is 4.04. The zero-order chi connectivity index (χ0) is 15.9. The van der Waals surface area contributed by atoms with E-state index in [1.165, 1.54) is 0 Å². The van der Waals surface area contributed by atoms with Crippen molar-refractivity contribution in [3.63, 3.8) is 0 Å². The van der Waals surface area contributed by atoms with E-state index in [0.717, 1.165) is 44.8 Å². The van der Waals surface area contributed by atoms with Gasteiger partial charge in [-0.25, -0.2) is 9.97 Å². The van der Waals surface area contributed by atoms with Gasteiger partial charge in [-0.3, -0.25) is 0 Å². The summed E-state index contributed by atoms with van der Waals surface area (Å²) >= 11 is 0. The maximum absolute atomic E-state index is 4.63. The van der Waals surface area contributed by atoms with Gasteiger partial charge in [-0.2, -0.15) is 0 Å². The van der Waals surface area contributed by atoms with Crippen molar-refractivity contribution in [2.45, 2.75) is 0 Å². The molecule has 0 spiro atoms. The Labute approximate surface area is 156 Å². The van der Waals surface area contributed by atoms with Crippen LogP contribution in [0.2, 0.25) is 0 Å². The van der Waals surface area contributed by atoms with Gasteiger partial charge in [0.2, 0.25) is 0 Å². The Kier molecular flexibility index (Phi) is 3.93. The summed E-state index contributed by atoms with van der Waals surface area (Å²) in [6.07, 6.45) is 8.09. The Bertz CT molecular complexity index is 990. The number of hydrogen-bond acceptors (Lipinski definition) is 2. The van der Waals surface area contributed by atoms with Gasteiger partial charge < -0.3 is 9.97 Å². The molecule has 3 aromatic heterocycles. The van der Waals surface area contributed by atoms with E-state index in [1.54, 1.807) is 0 Å². The molecule has 0 saturated heterocycles. The number of hydrogen-bond donors (Lipinski definition) is 2. The second-order valence-electron chi connectivity index (χ2n) is 5.91. The fourth-order valence-corrected chi connectivity index (χ4v) is 2.94. The van der Waals surface area contributed by atoms with Gasteiger partial charge in [0, 0.05) is 40.9 Å². The molecular formula is C20H14LiN4. The number of H-pyrrole nitrogens is 2. The Hall–Kier alpha value is -2.80. The molecule has 3 aromatic rings. The van der Waals surface area contributed by atoms with Crippen molar-refractivity contribution >= 4 is 65.2 Å². The van der Waals surface area contributed by atoms with Crippen LogP contribution >= 0.6 is 0 Å². The van der Waals surface area contributed by atoms with Gasteiger partial charge in [-0.1, -0.05) is 0 Å². The molecule has 115 valence electrons. The van der Waals surface area contributed by atoms with Crippen molar-refractivity contribution in [1.82, 2.24) is 19.9 Å². The van der Waals surface area contributed by atoms with Crippen LogP contribution in [0.25, 0.3) is 46.4 Å². The molecule has 0 aromatic carbocycles. The van der Waals surface area contributed by atoms with E-state index in [0.29, 0.717) is 0 Å². The number of aromatic nitrogens is 4. The molecule has 8 bridgehead atoms. The van der Waals surface area contributed by atoms with Crippen molar-refractivity contribution in [3.8, 4) is 0 Å². The van der Waals surface area contributed by atoms with E-state index in [1.807, 2.05) is 48.6 Å². The number of fused-ring (bicyclic) bond motifs is 8. The van der Waals surface area contributed by atoms with Crippen LogP contribution in [0.3, 0.4) is 0 Å². The minimum absolute atomic E-state index is 0. The number of aromatic amines is 2. The molecule has 2 N–H and O–H groups in total. The summed E-state index contributed by atoms with van der Waals surface area (Å²) in [5.41, 5.74) is 7.86. The molecule has 0 amide bonds. The first kappa shape index (κ1) is 15.7. The first-order chi connectivity index (χ1) is 11.8. The van der Waals surface area contributed by atoms with Crippen molar-refractivity contribution in [1.29, 1.82) is 0 Å². The molecule has 2 aliphatic rings. The minimum atomic E-state index is 0. The normalized spacial score (nSPS) is 12.2. The zero-order valence-corrected chi connectivity index (χ0v) is 13.8. The quantitative estimate of drug-likeness (QED) is 0.419. The summed E-state index contributed by atoms with van der Waals surface area (Å²) in [4.78, 5) is 16.0. The van der Waals surface area contributed by atoms with Crippen molar-refractivity contribution in [2.24, 2.45) is 0 Å². The first-order valence-electron chi connectivity index (χ1n) is 7.85. The Morgan fingerprint density at radius 2 is 0.760 bits per heavy atom.